The lowest BCUT2D eigenvalue weighted by Gasteiger charge is -2.13. The van der Waals surface area contributed by atoms with Crippen LogP contribution in [0.2, 0.25) is 0 Å². The van der Waals surface area contributed by atoms with E-state index in [1.54, 1.807) is 57.9 Å². The molecule has 16 nitrogen and oxygen atoms in total. The molecular formula is C34H38N12O4. The van der Waals surface area contributed by atoms with Crippen LogP contribution in [-0.2, 0) is 26.2 Å². The van der Waals surface area contributed by atoms with Gasteiger partial charge in [-0.3, -0.25) is 39.2 Å². The molecule has 4 aromatic heterocycles. The summed E-state index contributed by atoms with van der Waals surface area (Å²) in [5, 5.41) is 14.6. The van der Waals surface area contributed by atoms with E-state index in [1.165, 1.54) is 0 Å². The van der Waals surface area contributed by atoms with Gasteiger partial charge in [-0.05, 0) is 89.1 Å². The Labute approximate surface area is 286 Å². The zero-order chi connectivity index (χ0) is 35.7. The normalized spacial score (nSPS) is 11.4. The van der Waals surface area contributed by atoms with Crippen LogP contribution in [0.4, 0.5) is 11.9 Å². The molecule has 0 unspecified atom stereocenters. The number of carbonyl (C=O) groups is 4. The Morgan fingerprint density at radius 1 is 0.640 bits per heavy atom. The summed E-state index contributed by atoms with van der Waals surface area (Å²) in [5.74, 6) is -1.27. The molecule has 0 bridgehead atoms. The van der Waals surface area contributed by atoms with E-state index in [2.05, 4.69) is 30.8 Å². The van der Waals surface area contributed by atoms with E-state index >= 15 is 0 Å². The van der Waals surface area contributed by atoms with Crippen LogP contribution in [0.25, 0.3) is 22.1 Å². The number of amides is 4. The topological polar surface area (TPSA) is 216 Å². The van der Waals surface area contributed by atoms with Crippen molar-refractivity contribution < 1.29 is 19.2 Å². The zero-order valence-corrected chi connectivity index (χ0v) is 28.2. The number of fused-ring (bicyclic) bond motifs is 2. The molecule has 6 aromatic rings. The maximum Gasteiger partial charge on any atom is 0.276 e. The molecule has 0 saturated carbocycles. The quantitative estimate of drug-likeness (QED) is 0.132. The lowest BCUT2D eigenvalue weighted by molar-refractivity contribution is 0.0992. The molecule has 0 aliphatic heterocycles. The standard InChI is InChI=1S/C34H38N12O4/c1-5-45-27(15-19(3)41-45)31(49)39-33-37-23-11-9-22(30(36)48)18-26(23)44(33)14-8-7-13-43-25-12-10-21(29(35)47)17-24(25)38-34(43)40-32(50)28-16-20(4)42-46(28)6-2/h9-12,15-18H,5-8,13-14H2,1-4H3,(H2,35,47)(H2,36,48)(H,37,39,49)(H,38,40,50). The largest absolute Gasteiger partial charge is 0.366 e. The van der Waals surface area contributed by atoms with Crippen molar-refractivity contribution in [3.63, 3.8) is 0 Å². The van der Waals surface area contributed by atoms with Gasteiger partial charge in [-0.15, -0.1) is 0 Å². The minimum atomic E-state index is -0.585. The zero-order valence-electron chi connectivity index (χ0n) is 28.2. The van der Waals surface area contributed by atoms with Crippen molar-refractivity contribution in [3.05, 3.63) is 82.4 Å². The van der Waals surface area contributed by atoms with Crippen LogP contribution >= 0.6 is 0 Å². The number of aryl methyl sites for hydroxylation is 6. The van der Waals surface area contributed by atoms with Gasteiger partial charge in [0.1, 0.15) is 11.4 Å². The fraction of sp³-hybridized carbons (Fsp3) is 0.294. The van der Waals surface area contributed by atoms with Gasteiger partial charge in [-0.25, -0.2) is 9.97 Å². The van der Waals surface area contributed by atoms with E-state index < -0.39 is 11.8 Å². The Hall–Kier alpha value is -6.32. The first-order valence-electron chi connectivity index (χ1n) is 16.3. The summed E-state index contributed by atoms with van der Waals surface area (Å²) in [6.07, 6.45) is 1.22. The third-order valence-electron chi connectivity index (χ3n) is 8.40. The fourth-order valence-electron chi connectivity index (χ4n) is 6.01. The van der Waals surface area contributed by atoms with Crippen molar-refractivity contribution in [1.82, 2.24) is 38.7 Å². The Balaban J connectivity index is 1.27. The van der Waals surface area contributed by atoms with E-state index in [0.29, 0.717) is 101 Å². The van der Waals surface area contributed by atoms with Crippen molar-refractivity contribution in [2.24, 2.45) is 11.5 Å². The molecule has 258 valence electrons. The molecule has 0 aliphatic rings. The van der Waals surface area contributed by atoms with Gasteiger partial charge in [0.15, 0.2) is 0 Å². The van der Waals surface area contributed by atoms with E-state index in [0.717, 1.165) is 5.69 Å². The lowest BCUT2D eigenvalue weighted by atomic mass is 10.2. The number of nitrogens with zero attached hydrogens (tertiary/aromatic N) is 8. The fourth-order valence-corrected chi connectivity index (χ4v) is 6.01. The number of unbranched alkanes of at least 4 members (excludes halogenated alkanes) is 1. The van der Waals surface area contributed by atoms with E-state index in [1.807, 2.05) is 36.8 Å². The van der Waals surface area contributed by atoms with Crippen molar-refractivity contribution in [3.8, 4) is 0 Å². The number of primary amides is 2. The van der Waals surface area contributed by atoms with Gasteiger partial charge in [0.2, 0.25) is 23.7 Å². The Kier molecular flexibility index (Phi) is 9.17. The number of rotatable bonds is 13. The van der Waals surface area contributed by atoms with Gasteiger partial charge >= 0.3 is 0 Å². The summed E-state index contributed by atoms with van der Waals surface area (Å²) in [6.45, 7) is 9.36. The van der Waals surface area contributed by atoms with Crippen LogP contribution in [0.15, 0.2) is 48.5 Å². The molecule has 0 fully saturated rings. The molecule has 6 rings (SSSR count). The number of aromatic nitrogens is 8. The average Bonchev–Trinajstić information content (AvgIpc) is 3.84. The van der Waals surface area contributed by atoms with Crippen LogP contribution in [0.5, 0.6) is 0 Å². The third-order valence-corrected chi connectivity index (χ3v) is 8.40. The SMILES string of the molecule is CCn1nc(C)cc1C(=O)Nc1nc2cc(C(N)=O)ccc2n1CCCCn1c(NC(=O)c2cc(C)nn2CC)nc2ccc(C(N)=O)cc21. The van der Waals surface area contributed by atoms with Crippen molar-refractivity contribution in [2.75, 3.05) is 10.6 Å². The minimum Gasteiger partial charge on any atom is -0.366 e. The lowest BCUT2D eigenvalue weighted by Crippen LogP contribution is -2.20. The van der Waals surface area contributed by atoms with Gasteiger partial charge in [0, 0.05) is 37.3 Å². The van der Waals surface area contributed by atoms with Crippen LogP contribution < -0.4 is 22.1 Å². The number of hydrogen-bond acceptors (Lipinski definition) is 8. The van der Waals surface area contributed by atoms with Gasteiger partial charge in [0.25, 0.3) is 11.8 Å². The highest BCUT2D eigenvalue weighted by Gasteiger charge is 2.21. The number of anilines is 2. The molecule has 16 heteroatoms. The van der Waals surface area contributed by atoms with E-state index in [4.69, 9.17) is 11.5 Å². The number of carbonyl (C=O) groups excluding carboxylic acids is 4. The van der Waals surface area contributed by atoms with Crippen LogP contribution in [0.3, 0.4) is 0 Å². The highest BCUT2D eigenvalue weighted by Crippen LogP contribution is 2.25. The predicted octanol–water partition coefficient (Wildman–Crippen LogP) is 3.62. The molecule has 0 atom stereocenters. The molecule has 0 saturated heterocycles. The monoisotopic (exact) mass is 678 g/mol. The summed E-state index contributed by atoms with van der Waals surface area (Å²) in [7, 11) is 0. The van der Waals surface area contributed by atoms with Crippen molar-refractivity contribution >= 4 is 57.6 Å². The van der Waals surface area contributed by atoms with Crippen LogP contribution in [0, 0.1) is 13.8 Å². The molecule has 4 heterocycles. The number of imidazole rings is 2. The minimum absolute atomic E-state index is 0.300. The summed E-state index contributed by atoms with van der Waals surface area (Å²) in [5.41, 5.74) is 16.4. The third kappa shape index (κ3) is 6.54. The van der Waals surface area contributed by atoms with E-state index in [-0.39, 0.29) is 11.8 Å². The van der Waals surface area contributed by atoms with E-state index in [9.17, 15) is 19.2 Å². The number of nitrogens with one attached hydrogen (secondary N) is 2. The molecule has 0 spiro atoms. The maximum absolute atomic E-state index is 13.4. The second-order valence-electron chi connectivity index (χ2n) is 11.9. The first-order valence-corrected chi connectivity index (χ1v) is 16.3. The summed E-state index contributed by atoms with van der Waals surface area (Å²) >= 11 is 0. The highest BCUT2D eigenvalue weighted by molar-refractivity contribution is 6.04. The summed E-state index contributed by atoms with van der Waals surface area (Å²) < 4.78 is 6.97. The smallest absolute Gasteiger partial charge is 0.276 e. The number of hydrogen-bond donors (Lipinski definition) is 4. The molecular weight excluding hydrogens is 640 g/mol. The predicted molar refractivity (Wildman–Crippen MR) is 187 cm³/mol. The van der Waals surface area contributed by atoms with Gasteiger partial charge in [-0.1, -0.05) is 0 Å². The number of nitrogens with two attached hydrogens (primary N) is 2. The second kappa shape index (κ2) is 13.7. The van der Waals surface area contributed by atoms with Crippen LogP contribution in [0.1, 0.15) is 79.8 Å². The first-order chi connectivity index (χ1) is 24.0. The van der Waals surface area contributed by atoms with Gasteiger partial charge < -0.3 is 20.6 Å². The molecule has 6 N–H and O–H groups in total. The molecule has 2 aromatic carbocycles. The molecule has 0 radical (unpaired) electrons. The average molecular weight is 679 g/mol. The first kappa shape index (κ1) is 33.6. The highest BCUT2D eigenvalue weighted by atomic mass is 16.2. The summed E-state index contributed by atoms with van der Waals surface area (Å²) in [6, 6.07) is 13.4. The number of benzene rings is 2. The van der Waals surface area contributed by atoms with Gasteiger partial charge in [-0.2, -0.15) is 10.2 Å². The maximum atomic E-state index is 13.4. The molecule has 4 amide bonds. The Bertz CT molecular complexity index is 2290. The molecule has 0 aliphatic carbocycles. The Morgan fingerprint density at radius 2 is 1.12 bits per heavy atom. The van der Waals surface area contributed by atoms with Crippen LogP contribution in [-0.4, -0.2) is 62.3 Å². The molecule has 50 heavy (non-hydrogen) atoms. The summed E-state index contributed by atoms with van der Waals surface area (Å²) in [4.78, 5) is 60.0. The van der Waals surface area contributed by atoms with Crippen molar-refractivity contribution in [1.29, 1.82) is 0 Å². The Morgan fingerprint density at radius 3 is 1.64 bits per heavy atom. The second-order valence-corrected chi connectivity index (χ2v) is 11.9. The van der Waals surface area contributed by atoms with Gasteiger partial charge in [0.05, 0.1) is 33.5 Å². The van der Waals surface area contributed by atoms with Crippen molar-refractivity contribution in [2.45, 2.75) is 66.7 Å².